The molecule has 0 fully saturated rings. The van der Waals surface area contributed by atoms with E-state index in [9.17, 15) is 0 Å². The van der Waals surface area contributed by atoms with Gasteiger partial charge >= 0.3 is 0 Å². The fraction of sp³-hybridized carbons (Fsp3) is 0.455. The number of aryl methyl sites for hydroxylation is 1. The molecule has 1 aromatic rings. The zero-order valence-corrected chi connectivity index (χ0v) is 8.95. The van der Waals surface area contributed by atoms with Gasteiger partial charge in [-0.2, -0.15) is 0 Å². The Morgan fingerprint density at radius 1 is 1.25 bits per heavy atom. The van der Waals surface area contributed by atoms with Crippen LogP contribution in [-0.2, 0) is 18.2 Å². The number of rotatable bonds is 1. The molecule has 0 radical (unpaired) electrons. The first-order valence-corrected chi connectivity index (χ1v) is 5.61. The normalized spacial score (nSPS) is 14.8. The van der Waals surface area contributed by atoms with Crippen molar-refractivity contribution in [1.82, 2.24) is 0 Å². The first kappa shape index (κ1) is 8.31. The van der Waals surface area contributed by atoms with Gasteiger partial charge in [0, 0.05) is 5.33 Å². The highest BCUT2D eigenvalue weighted by Gasteiger charge is 2.15. The number of benzene rings is 1. The Morgan fingerprint density at radius 2 is 2.00 bits per heavy atom. The summed E-state index contributed by atoms with van der Waals surface area (Å²) >= 11 is 3.54. The summed E-state index contributed by atoms with van der Waals surface area (Å²) < 4.78 is 0. The lowest BCUT2D eigenvalue weighted by atomic mass is 10.0. The van der Waals surface area contributed by atoms with Gasteiger partial charge in [0.25, 0.3) is 0 Å². The molecule has 0 aromatic heterocycles. The molecule has 0 aliphatic heterocycles. The molecule has 0 amide bonds. The molecular weight excluding hydrogens is 212 g/mol. The Hall–Kier alpha value is -0.300. The van der Waals surface area contributed by atoms with E-state index >= 15 is 0 Å². The highest BCUT2D eigenvalue weighted by Crippen LogP contribution is 2.29. The lowest BCUT2D eigenvalue weighted by Gasteiger charge is -2.07. The standard InChI is InChI=1S/C11H13Br/c1-8-5-6-9(7-12)11-4-2-3-10(8)11/h5-6H,2-4,7H2,1H3. The first-order valence-electron chi connectivity index (χ1n) is 4.49. The molecule has 2 rings (SSSR count). The summed E-state index contributed by atoms with van der Waals surface area (Å²) in [6, 6.07) is 4.51. The van der Waals surface area contributed by atoms with E-state index in [0.717, 1.165) is 5.33 Å². The fourth-order valence-electron chi connectivity index (χ4n) is 2.09. The minimum atomic E-state index is 1.01. The molecule has 0 saturated carbocycles. The molecule has 1 heteroatoms. The summed E-state index contributed by atoms with van der Waals surface area (Å²) in [6.07, 6.45) is 3.93. The second kappa shape index (κ2) is 3.21. The average Bonchev–Trinajstić information content (AvgIpc) is 2.54. The molecule has 64 valence electrons. The molecule has 0 saturated heterocycles. The fourth-order valence-corrected chi connectivity index (χ4v) is 2.61. The zero-order chi connectivity index (χ0) is 8.55. The van der Waals surface area contributed by atoms with Crippen molar-refractivity contribution < 1.29 is 0 Å². The van der Waals surface area contributed by atoms with E-state index in [1.54, 1.807) is 11.1 Å². The number of halogens is 1. The van der Waals surface area contributed by atoms with Gasteiger partial charge in [0.2, 0.25) is 0 Å². The van der Waals surface area contributed by atoms with E-state index < -0.39 is 0 Å². The summed E-state index contributed by atoms with van der Waals surface area (Å²) in [7, 11) is 0. The van der Waals surface area contributed by atoms with Gasteiger partial charge in [-0.3, -0.25) is 0 Å². The summed E-state index contributed by atoms with van der Waals surface area (Å²) in [6.45, 7) is 2.22. The number of hydrogen-bond donors (Lipinski definition) is 0. The maximum atomic E-state index is 3.54. The summed E-state index contributed by atoms with van der Waals surface area (Å²) in [5, 5.41) is 1.01. The van der Waals surface area contributed by atoms with E-state index in [2.05, 4.69) is 35.0 Å². The maximum Gasteiger partial charge on any atom is 0.0285 e. The summed E-state index contributed by atoms with van der Waals surface area (Å²) in [4.78, 5) is 0. The minimum Gasteiger partial charge on any atom is -0.0876 e. The Morgan fingerprint density at radius 3 is 2.75 bits per heavy atom. The number of fused-ring (bicyclic) bond motifs is 1. The number of alkyl halides is 1. The highest BCUT2D eigenvalue weighted by molar-refractivity contribution is 9.08. The number of hydrogen-bond acceptors (Lipinski definition) is 0. The van der Waals surface area contributed by atoms with Gasteiger partial charge in [-0.1, -0.05) is 28.1 Å². The summed E-state index contributed by atoms with van der Waals surface area (Å²) in [5.74, 6) is 0. The molecule has 1 aliphatic rings. The molecule has 0 atom stereocenters. The molecule has 0 heterocycles. The van der Waals surface area contributed by atoms with Crippen molar-refractivity contribution in [2.24, 2.45) is 0 Å². The van der Waals surface area contributed by atoms with E-state index in [-0.39, 0.29) is 0 Å². The van der Waals surface area contributed by atoms with Crippen LogP contribution in [0.3, 0.4) is 0 Å². The van der Waals surface area contributed by atoms with E-state index in [1.165, 1.54) is 30.4 Å². The van der Waals surface area contributed by atoms with Gasteiger partial charge in [-0.15, -0.1) is 0 Å². The molecule has 0 bridgehead atoms. The van der Waals surface area contributed by atoms with Crippen molar-refractivity contribution in [1.29, 1.82) is 0 Å². The van der Waals surface area contributed by atoms with Crippen molar-refractivity contribution in [3.05, 3.63) is 34.4 Å². The Labute approximate surface area is 82.1 Å². The van der Waals surface area contributed by atoms with Crippen LogP contribution in [0.1, 0.15) is 28.7 Å². The Bertz CT molecular complexity index is 302. The largest absolute Gasteiger partial charge is 0.0876 e. The summed E-state index contributed by atoms with van der Waals surface area (Å²) in [5.41, 5.74) is 6.21. The van der Waals surface area contributed by atoms with Gasteiger partial charge in [0.05, 0.1) is 0 Å². The second-order valence-corrected chi connectivity index (χ2v) is 4.05. The third-order valence-corrected chi connectivity index (χ3v) is 3.36. The zero-order valence-electron chi connectivity index (χ0n) is 7.36. The lowest BCUT2D eigenvalue weighted by Crippen LogP contribution is -1.92. The molecule has 1 aliphatic carbocycles. The second-order valence-electron chi connectivity index (χ2n) is 3.49. The van der Waals surface area contributed by atoms with Crippen LogP contribution >= 0.6 is 15.9 Å². The van der Waals surface area contributed by atoms with Crippen molar-refractivity contribution in [3.8, 4) is 0 Å². The topological polar surface area (TPSA) is 0 Å². The SMILES string of the molecule is Cc1ccc(CBr)c2c1CCC2. The van der Waals surface area contributed by atoms with Crippen LogP contribution in [0, 0.1) is 6.92 Å². The van der Waals surface area contributed by atoms with Crippen molar-refractivity contribution >= 4 is 15.9 Å². The van der Waals surface area contributed by atoms with Gasteiger partial charge < -0.3 is 0 Å². The monoisotopic (exact) mass is 224 g/mol. The van der Waals surface area contributed by atoms with E-state index in [4.69, 9.17) is 0 Å². The van der Waals surface area contributed by atoms with Gasteiger partial charge in [-0.25, -0.2) is 0 Å². The predicted molar refractivity (Wildman–Crippen MR) is 55.8 cm³/mol. The van der Waals surface area contributed by atoms with E-state index in [0.29, 0.717) is 0 Å². The predicted octanol–water partition coefficient (Wildman–Crippen LogP) is 3.38. The van der Waals surface area contributed by atoms with Gasteiger partial charge in [0.15, 0.2) is 0 Å². The van der Waals surface area contributed by atoms with Crippen LogP contribution in [0.5, 0.6) is 0 Å². The van der Waals surface area contributed by atoms with Crippen LogP contribution in [0.4, 0.5) is 0 Å². The molecule has 0 spiro atoms. The van der Waals surface area contributed by atoms with Gasteiger partial charge in [-0.05, 0) is 48.4 Å². The van der Waals surface area contributed by atoms with Crippen LogP contribution < -0.4 is 0 Å². The van der Waals surface area contributed by atoms with Crippen molar-refractivity contribution in [3.63, 3.8) is 0 Å². The van der Waals surface area contributed by atoms with Crippen LogP contribution in [0.15, 0.2) is 12.1 Å². The molecule has 0 N–H and O–H groups in total. The molecule has 1 aromatic carbocycles. The molecule has 12 heavy (non-hydrogen) atoms. The van der Waals surface area contributed by atoms with Crippen molar-refractivity contribution in [2.45, 2.75) is 31.5 Å². The van der Waals surface area contributed by atoms with Crippen molar-refractivity contribution in [2.75, 3.05) is 0 Å². The first-order chi connectivity index (χ1) is 5.83. The van der Waals surface area contributed by atoms with Crippen LogP contribution in [0.2, 0.25) is 0 Å². The third-order valence-electron chi connectivity index (χ3n) is 2.76. The quantitative estimate of drug-likeness (QED) is 0.642. The molecule has 0 nitrogen and oxygen atoms in total. The Kier molecular flexibility index (Phi) is 2.22. The third kappa shape index (κ3) is 1.20. The maximum absolute atomic E-state index is 3.54. The molecule has 0 unspecified atom stereocenters. The lowest BCUT2D eigenvalue weighted by molar-refractivity contribution is 0.907. The highest BCUT2D eigenvalue weighted by atomic mass is 79.9. The Balaban J connectivity index is 2.57. The van der Waals surface area contributed by atoms with Crippen LogP contribution in [0.25, 0.3) is 0 Å². The minimum absolute atomic E-state index is 1.01. The van der Waals surface area contributed by atoms with Gasteiger partial charge in [0.1, 0.15) is 0 Å². The molecular formula is C11H13Br. The smallest absolute Gasteiger partial charge is 0.0285 e. The average molecular weight is 225 g/mol. The van der Waals surface area contributed by atoms with Crippen LogP contribution in [-0.4, -0.2) is 0 Å². The van der Waals surface area contributed by atoms with E-state index in [1.807, 2.05) is 0 Å².